The van der Waals surface area contributed by atoms with Gasteiger partial charge in [0.1, 0.15) is 5.82 Å². The monoisotopic (exact) mass is 530 g/mol. The molecule has 0 spiro atoms. The number of halogens is 3. The fraction of sp³-hybridized carbons (Fsp3) is 0.308. The lowest BCUT2D eigenvalue weighted by Crippen LogP contribution is -2.42. The summed E-state index contributed by atoms with van der Waals surface area (Å²) in [6.07, 6.45) is -2.32. The molecule has 0 saturated carbocycles. The van der Waals surface area contributed by atoms with Crippen molar-refractivity contribution in [3.05, 3.63) is 77.5 Å². The van der Waals surface area contributed by atoms with Crippen molar-refractivity contribution < 1.29 is 26.4 Å². The van der Waals surface area contributed by atoms with Gasteiger partial charge in [-0.05, 0) is 59.4 Å². The largest absolute Gasteiger partial charge is 0.417 e. The topological polar surface area (TPSA) is 91.4 Å². The smallest absolute Gasteiger partial charge is 0.367 e. The van der Waals surface area contributed by atoms with Crippen LogP contribution >= 0.6 is 0 Å². The molecule has 3 heterocycles. The third-order valence-electron chi connectivity index (χ3n) is 6.76. The third-order valence-corrected chi connectivity index (χ3v) is 8.67. The molecule has 0 radical (unpaired) electrons. The number of amides is 1. The first kappa shape index (κ1) is 25.2. The van der Waals surface area contributed by atoms with Crippen LogP contribution in [0.3, 0.4) is 0 Å². The van der Waals surface area contributed by atoms with E-state index in [-0.39, 0.29) is 29.9 Å². The van der Waals surface area contributed by atoms with E-state index in [0.717, 1.165) is 34.5 Å². The van der Waals surface area contributed by atoms with Crippen molar-refractivity contribution in [1.82, 2.24) is 14.6 Å². The molecule has 3 aromatic rings. The first-order valence-electron chi connectivity index (χ1n) is 11.9. The number of benzene rings is 2. The molecule has 37 heavy (non-hydrogen) atoms. The number of carbonyl (C=O) groups is 1. The second-order valence-corrected chi connectivity index (χ2v) is 11.2. The summed E-state index contributed by atoms with van der Waals surface area (Å²) in [5.41, 5.74) is 3.01. The van der Waals surface area contributed by atoms with Gasteiger partial charge in [-0.3, -0.25) is 4.79 Å². The Labute approximate surface area is 212 Å². The molecular formula is C26H25F3N4O3S. The van der Waals surface area contributed by atoms with Gasteiger partial charge in [0.15, 0.2) is 0 Å². The van der Waals surface area contributed by atoms with Gasteiger partial charge in [-0.25, -0.2) is 13.4 Å². The summed E-state index contributed by atoms with van der Waals surface area (Å²) in [6.45, 7) is 1.09. The van der Waals surface area contributed by atoms with Crippen molar-refractivity contribution in [2.75, 3.05) is 18.4 Å². The van der Waals surface area contributed by atoms with E-state index in [1.165, 1.54) is 10.4 Å². The summed E-state index contributed by atoms with van der Waals surface area (Å²) in [7, 11) is -3.69. The van der Waals surface area contributed by atoms with E-state index in [1.54, 1.807) is 24.3 Å². The van der Waals surface area contributed by atoms with Gasteiger partial charge >= 0.3 is 6.18 Å². The molecule has 1 amide bonds. The Morgan fingerprint density at radius 1 is 0.946 bits per heavy atom. The summed E-state index contributed by atoms with van der Waals surface area (Å²) in [6, 6.07) is 14.8. The maximum Gasteiger partial charge on any atom is 0.417 e. The van der Waals surface area contributed by atoms with Crippen LogP contribution < -0.4 is 10.6 Å². The molecule has 11 heteroatoms. The van der Waals surface area contributed by atoms with Crippen molar-refractivity contribution >= 4 is 21.7 Å². The molecule has 194 valence electrons. The van der Waals surface area contributed by atoms with E-state index in [1.807, 2.05) is 18.2 Å². The lowest BCUT2D eigenvalue weighted by atomic mass is 9.95. The molecule has 0 aliphatic carbocycles. The molecule has 0 atom stereocenters. The molecule has 0 bridgehead atoms. The fourth-order valence-corrected chi connectivity index (χ4v) is 6.11. The number of anilines is 1. The van der Waals surface area contributed by atoms with Crippen LogP contribution in [0.2, 0.25) is 0 Å². The van der Waals surface area contributed by atoms with Crippen molar-refractivity contribution in [2.24, 2.45) is 0 Å². The van der Waals surface area contributed by atoms with Crippen LogP contribution in [0.25, 0.3) is 11.1 Å². The average molecular weight is 531 g/mol. The lowest BCUT2D eigenvalue weighted by molar-refractivity contribution is -0.137. The van der Waals surface area contributed by atoms with E-state index in [2.05, 4.69) is 15.6 Å². The number of aromatic nitrogens is 1. The first-order valence-corrected chi connectivity index (χ1v) is 13.3. The highest BCUT2D eigenvalue weighted by atomic mass is 32.2. The Morgan fingerprint density at radius 2 is 1.65 bits per heavy atom. The zero-order valence-corrected chi connectivity index (χ0v) is 20.6. The number of fused-ring (bicyclic) bond motifs is 1. The van der Waals surface area contributed by atoms with Crippen LogP contribution in [0.4, 0.5) is 19.0 Å². The average Bonchev–Trinajstić information content (AvgIpc) is 2.88. The van der Waals surface area contributed by atoms with E-state index in [4.69, 9.17) is 0 Å². The minimum absolute atomic E-state index is 0.0133. The van der Waals surface area contributed by atoms with Gasteiger partial charge in [-0.15, -0.1) is 0 Å². The molecule has 7 nitrogen and oxygen atoms in total. The van der Waals surface area contributed by atoms with Crippen molar-refractivity contribution in [3.8, 4) is 11.1 Å². The molecule has 2 aromatic carbocycles. The van der Waals surface area contributed by atoms with Crippen LogP contribution in [0.5, 0.6) is 0 Å². The van der Waals surface area contributed by atoms with Gasteiger partial charge in [-0.2, -0.15) is 17.5 Å². The van der Waals surface area contributed by atoms with E-state index < -0.39 is 21.8 Å². The highest BCUT2D eigenvalue weighted by Crippen LogP contribution is 2.30. The van der Waals surface area contributed by atoms with Crippen molar-refractivity contribution in [3.63, 3.8) is 0 Å². The molecule has 2 N–H and O–H groups in total. The second kappa shape index (κ2) is 9.79. The summed E-state index contributed by atoms with van der Waals surface area (Å²) >= 11 is 0. The number of rotatable bonds is 5. The molecule has 2 aliphatic heterocycles. The zero-order chi connectivity index (χ0) is 26.2. The van der Waals surface area contributed by atoms with Gasteiger partial charge in [0.05, 0.1) is 16.9 Å². The number of pyridine rings is 1. The molecule has 1 aromatic heterocycles. The number of hydrogen-bond donors (Lipinski definition) is 2. The highest BCUT2D eigenvalue weighted by Gasteiger charge is 2.32. The third kappa shape index (κ3) is 5.47. The number of nitrogens with one attached hydrogen (secondary N) is 2. The molecule has 2 aliphatic rings. The van der Waals surface area contributed by atoms with Gasteiger partial charge in [0.2, 0.25) is 15.9 Å². The summed E-state index contributed by atoms with van der Waals surface area (Å²) < 4.78 is 66.0. The molecule has 1 fully saturated rings. The van der Waals surface area contributed by atoms with E-state index in [0.29, 0.717) is 31.6 Å². The van der Waals surface area contributed by atoms with Gasteiger partial charge < -0.3 is 10.6 Å². The maximum absolute atomic E-state index is 13.2. The first-order chi connectivity index (χ1) is 17.6. The predicted molar refractivity (Wildman–Crippen MR) is 132 cm³/mol. The molecule has 1 saturated heterocycles. The van der Waals surface area contributed by atoms with Crippen LogP contribution in [0, 0.1) is 0 Å². The Morgan fingerprint density at radius 3 is 2.30 bits per heavy atom. The van der Waals surface area contributed by atoms with Crippen molar-refractivity contribution in [2.45, 2.75) is 42.9 Å². The number of sulfonamides is 1. The van der Waals surface area contributed by atoms with E-state index in [9.17, 15) is 26.4 Å². The minimum atomic E-state index is -4.44. The van der Waals surface area contributed by atoms with Gasteiger partial charge in [0, 0.05) is 31.9 Å². The normalized spacial score (nSPS) is 17.2. The Kier molecular flexibility index (Phi) is 6.67. The Balaban J connectivity index is 1.21. The second-order valence-electron chi connectivity index (χ2n) is 9.21. The van der Waals surface area contributed by atoms with Crippen LogP contribution in [0.15, 0.2) is 65.7 Å². The number of carbonyl (C=O) groups excluding carboxylic acids is 1. The van der Waals surface area contributed by atoms with Crippen molar-refractivity contribution in [1.29, 1.82) is 0 Å². The minimum Gasteiger partial charge on any atom is -0.367 e. The number of piperidine rings is 1. The van der Waals surface area contributed by atoms with Crippen LogP contribution in [-0.2, 0) is 34.0 Å². The van der Waals surface area contributed by atoms with Crippen LogP contribution in [0.1, 0.15) is 29.5 Å². The van der Waals surface area contributed by atoms with Gasteiger partial charge in [0.25, 0.3) is 0 Å². The molecule has 5 rings (SSSR count). The summed E-state index contributed by atoms with van der Waals surface area (Å²) in [5, 5.41) is 5.92. The SMILES string of the molecule is O=C1Cc2cc(-c3ccc(S(=O)(=O)N4CCC(Nc5ccc(C(F)(F)F)cn5)CC4)cc3)ccc2CN1. The molecular weight excluding hydrogens is 505 g/mol. The number of nitrogens with zero attached hydrogens (tertiary/aromatic N) is 2. The van der Waals surface area contributed by atoms with E-state index >= 15 is 0 Å². The maximum atomic E-state index is 13.2. The molecule has 0 unspecified atom stereocenters. The zero-order valence-electron chi connectivity index (χ0n) is 19.8. The predicted octanol–water partition coefficient (Wildman–Crippen LogP) is 4.20. The number of alkyl halides is 3. The summed E-state index contributed by atoms with van der Waals surface area (Å²) in [4.78, 5) is 15.7. The standard InChI is InChI=1S/C26H25F3N4O3S/c27-26(28,29)21-5-8-24(30-16-21)32-22-9-11-33(12-10-22)37(35,36)23-6-3-17(4-7-23)18-1-2-19-15-31-25(34)14-20(19)13-18/h1-8,13,16,22H,9-12,14-15H2,(H,30,32)(H,31,34). The highest BCUT2D eigenvalue weighted by molar-refractivity contribution is 7.89. The quantitative estimate of drug-likeness (QED) is 0.516. The summed E-state index contributed by atoms with van der Waals surface area (Å²) in [5.74, 6) is 0.313. The lowest BCUT2D eigenvalue weighted by Gasteiger charge is -2.32. The van der Waals surface area contributed by atoms with Gasteiger partial charge in [-0.1, -0.05) is 30.3 Å². The number of hydrogen-bond acceptors (Lipinski definition) is 5. The fourth-order valence-electron chi connectivity index (χ4n) is 4.64. The van der Waals surface area contributed by atoms with Crippen LogP contribution in [-0.4, -0.2) is 42.7 Å². The Hall–Kier alpha value is -3.44. The Bertz CT molecular complexity index is 1400.